The van der Waals surface area contributed by atoms with E-state index in [-0.39, 0.29) is 19.0 Å². The summed E-state index contributed by atoms with van der Waals surface area (Å²) in [5.41, 5.74) is 12.0. The highest BCUT2D eigenvalue weighted by Gasteiger charge is 2.12. The van der Waals surface area contributed by atoms with Crippen molar-refractivity contribution in [2.24, 2.45) is 11.7 Å². The number of nitrogen functional groups attached to an aromatic ring is 1. The van der Waals surface area contributed by atoms with Gasteiger partial charge < -0.3 is 16.2 Å². The number of nitrogens with two attached hydrogens (primary N) is 2. The molecule has 0 radical (unpaired) electrons. The van der Waals surface area contributed by atoms with Gasteiger partial charge in [-0.05, 0) is 17.7 Å². The first-order valence-electron chi connectivity index (χ1n) is 5.28. The molecule has 0 aliphatic heterocycles. The normalized spacial score (nSPS) is 11.8. The molecule has 0 saturated carbocycles. The lowest BCUT2D eigenvalue weighted by atomic mass is 10.1. The fraction of sp³-hybridized carbons (Fsp3) is 0.333. The second-order valence-corrected chi connectivity index (χ2v) is 3.90. The average Bonchev–Trinajstić information content (AvgIpc) is 2.29. The molecule has 0 saturated heterocycles. The number of carbonyl (C=O) groups is 2. The minimum absolute atomic E-state index is 0.0170. The number of hydrogen-bond donors (Lipinski definition) is 2. The minimum Gasteiger partial charge on any atom is -0.465 e. The molecule has 1 rings (SSSR count). The second-order valence-electron chi connectivity index (χ2n) is 3.90. The predicted octanol–water partition coefficient (Wildman–Crippen LogP) is 0.476. The van der Waals surface area contributed by atoms with Crippen molar-refractivity contribution in [3.05, 3.63) is 29.8 Å². The van der Waals surface area contributed by atoms with E-state index in [0.29, 0.717) is 5.69 Å². The smallest absolute Gasteiger partial charge is 0.310 e. The number of anilines is 1. The van der Waals surface area contributed by atoms with E-state index in [2.05, 4.69) is 0 Å². The first kappa shape index (κ1) is 13.0. The van der Waals surface area contributed by atoms with Gasteiger partial charge in [0.25, 0.3) is 0 Å². The number of benzene rings is 1. The molecular formula is C12H16N2O3. The Kier molecular flexibility index (Phi) is 4.51. The van der Waals surface area contributed by atoms with Gasteiger partial charge in [-0.15, -0.1) is 0 Å². The maximum absolute atomic E-state index is 11.4. The van der Waals surface area contributed by atoms with Crippen LogP contribution in [0.2, 0.25) is 0 Å². The Morgan fingerprint density at radius 1 is 1.29 bits per heavy atom. The topological polar surface area (TPSA) is 95.4 Å². The van der Waals surface area contributed by atoms with Gasteiger partial charge in [-0.1, -0.05) is 19.1 Å². The molecule has 0 bridgehead atoms. The Hall–Kier alpha value is -2.04. The molecule has 0 spiro atoms. The first-order chi connectivity index (χ1) is 7.99. The summed E-state index contributed by atoms with van der Waals surface area (Å²) in [5.74, 6) is -1.33. The molecule has 1 aromatic rings. The van der Waals surface area contributed by atoms with Crippen molar-refractivity contribution in [2.45, 2.75) is 13.3 Å². The fourth-order valence-corrected chi connectivity index (χ4v) is 1.15. The summed E-state index contributed by atoms with van der Waals surface area (Å²) in [4.78, 5) is 22.1. The molecule has 92 valence electrons. The van der Waals surface area contributed by atoms with Crippen LogP contribution in [0.15, 0.2) is 24.3 Å². The van der Waals surface area contributed by atoms with Crippen LogP contribution in [0.4, 0.5) is 5.69 Å². The number of ether oxygens (including phenoxy) is 1. The van der Waals surface area contributed by atoms with E-state index < -0.39 is 11.8 Å². The molecule has 1 amide bonds. The van der Waals surface area contributed by atoms with Crippen LogP contribution in [0, 0.1) is 5.92 Å². The molecule has 0 heterocycles. The highest BCUT2D eigenvalue weighted by Crippen LogP contribution is 2.07. The molecule has 0 aromatic heterocycles. The van der Waals surface area contributed by atoms with Crippen molar-refractivity contribution in [1.82, 2.24) is 0 Å². The Morgan fingerprint density at radius 2 is 1.88 bits per heavy atom. The number of hydrogen-bond acceptors (Lipinski definition) is 4. The molecule has 17 heavy (non-hydrogen) atoms. The van der Waals surface area contributed by atoms with E-state index in [9.17, 15) is 9.59 Å². The molecule has 4 N–H and O–H groups in total. The van der Waals surface area contributed by atoms with Gasteiger partial charge in [0.05, 0.1) is 12.3 Å². The summed E-state index contributed by atoms with van der Waals surface area (Å²) >= 11 is 0. The van der Waals surface area contributed by atoms with Gasteiger partial charge in [0.1, 0.15) is 6.61 Å². The van der Waals surface area contributed by atoms with E-state index in [4.69, 9.17) is 16.2 Å². The van der Waals surface area contributed by atoms with E-state index in [1.165, 1.54) is 0 Å². The second kappa shape index (κ2) is 5.89. The van der Waals surface area contributed by atoms with Crippen LogP contribution in [-0.2, 0) is 20.7 Å². The van der Waals surface area contributed by atoms with Crippen LogP contribution in [-0.4, -0.2) is 18.5 Å². The Labute approximate surface area is 99.7 Å². The molecule has 1 unspecified atom stereocenters. The highest BCUT2D eigenvalue weighted by molar-refractivity contribution is 5.77. The van der Waals surface area contributed by atoms with Crippen molar-refractivity contribution in [3.8, 4) is 0 Å². The first-order valence-corrected chi connectivity index (χ1v) is 5.28. The molecule has 0 fully saturated rings. The Balaban J connectivity index is 2.39. The van der Waals surface area contributed by atoms with Crippen molar-refractivity contribution in [2.75, 3.05) is 12.3 Å². The lowest BCUT2D eigenvalue weighted by Crippen LogP contribution is -2.26. The number of esters is 1. The number of primary amides is 1. The quantitative estimate of drug-likeness (QED) is 0.574. The van der Waals surface area contributed by atoms with Gasteiger partial charge >= 0.3 is 5.97 Å². The van der Waals surface area contributed by atoms with Crippen LogP contribution >= 0.6 is 0 Å². The van der Waals surface area contributed by atoms with E-state index in [0.717, 1.165) is 5.56 Å². The van der Waals surface area contributed by atoms with Gasteiger partial charge in [-0.25, -0.2) is 0 Å². The molecule has 5 nitrogen and oxygen atoms in total. The minimum atomic E-state index is -0.481. The maximum atomic E-state index is 11.4. The molecule has 1 aromatic carbocycles. The number of rotatable bonds is 5. The third-order valence-electron chi connectivity index (χ3n) is 2.31. The van der Waals surface area contributed by atoms with Crippen LogP contribution in [0.3, 0.4) is 0 Å². The average molecular weight is 236 g/mol. The standard InChI is InChI=1S/C12H16N2O3/c1-8(12(14)16)7-17-11(15)6-9-2-4-10(13)5-3-9/h2-5,8H,6-7,13H2,1H3,(H2,14,16). The summed E-state index contributed by atoms with van der Waals surface area (Å²) in [6.07, 6.45) is 0.158. The zero-order valence-electron chi connectivity index (χ0n) is 9.68. The predicted molar refractivity (Wildman–Crippen MR) is 63.9 cm³/mol. The van der Waals surface area contributed by atoms with Gasteiger partial charge in [-0.2, -0.15) is 0 Å². The van der Waals surface area contributed by atoms with Crippen LogP contribution in [0.5, 0.6) is 0 Å². The van der Waals surface area contributed by atoms with Crippen molar-refractivity contribution >= 4 is 17.6 Å². The lowest BCUT2D eigenvalue weighted by Gasteiger charge is -2.08. The summed E-state index contributed by atoms with van der Waals surface area (Å²) in [6, 6.07) is 6.95. The molecule has 1 atom stereocenters. The molecular weight excluding hydrogens is 220 g/mol. The third kappa shape index (κ3) is 4.55. The van der Waals surface area contributed by atoms with Crippen LogP contribution in [0.25, 0.3) is 0 Å². The largest absolute Gasteiger partial charge is 0.465 e. The zero-order chi connectivity index (χ0) is 12.8. The summed E-state index contributed by atoms with van der Waals surface area (Å²) in [6.45, 7) is 1.63. The van der Waals surface area contributed by atoms with Crippen LogP contribution in [0.1, 0.15) is 12.5 Å². The van der Waals surface area contributed by atoms with Gasteiger partial charge in [0, 0.05) is 5.69 Å². The molecule has 0 aliphatic carbocycles. The number of amides is 1. The monoisotopic (exact) mass is 236 g/mol. The van der Waals surface area contributed by atoms with Gasteiger partial charge in [0.15, 0.2) is 0 Å². The maximum Gasteiger partial charge on any atom is 0.310 e. The zero-order valence-corrected chi connectivity index (χ0v) is 9.68. The van der Waals surface area contributed by atoms with E-state index in [1.54, 1.807) is 31.2 Å². The van der Waals surface area contributed by atoms with Gasteiger partial charge in [0.2, 0.25) is 5.91 Å². The Morgan fingerprint density at radius 3 is 2.41 bits per heavy atom. The van der Waals surface area contributed by atoms with Crippen molar-refractivity contribution < 1.29 is 14.3 Å². The molecule has 5 heteroatoms. The van der Waals surface area contributed by atoms with Crippen LogP contribution < -0.4 is 11.5 Å². The SMILES string of the molecule is CC(COC(=O)Cc1ccc(N)cc1)C(N)=O. The summed E-state index contributed by atoms with van der Waals surface area (Å²) in [7, 11) is 0. The van der Waals surface area contributed by atoms with E-state index in [1.807, 2.05) is 0 Å². The summed E-state index contributed by atoms with van der Waals surface area (Å²) < 4.78 is 4.93. The van der Waals surface area contributed by atoms with Gasteiger partial charge in [-0.3, -0.25) is 9.59 Å². The fourth-order valence-electron chi connectivity index (χ4n) is 1.15. The van der Waals surface area contributed by atoms with E-state index >= 15 is 0 Å². The molecule has 0 aliphatic rings. The van der Waals surface area contributed by atoms with Crippen molar-refractivity contribution in [1.29, 1.82) is 0 Å². The highest BCUT2D eigenvalue weighted by atomic mass is 16.5. The van der Waals surface area contributed by atoms with Crippen molar-refractivity contribution in [3.63, 3.8) is 0 Å². The number of carbonyl (C=O) groups excluding carboxylic acids is 2. The third-order valence-corrected chi connectivity index (χ3v) is 2.31. The Bertz CT molecular complexity index is 401. The summed E-state index contributed by atoms with van der Waals surface area (Å²) in [5, 5.41) is 0. The lowest BCUT2D eigenvalue weighted by molar-refractivity contribution is -0.145.